The van der Waals surface area contributed by atoms with Crippen molar-refractivity contribution in [2.24, 2.45) is 0 Å². The number of urea groups is 1. The molecule has 3 aromatic rings. The Balaban J connectivity index is 1.65. The second-order valence-electron chi connectivity index (χ2n) is 8.91. The van der Waals surface area contributed by atoms with Crippen molar-refractivity contribution < 1.29 is 29.2 Å². The maximum Gasteiger partial charge on any atom is 0.330 e. The van der Waals surface area contributed by atoms with Crippen LogP contribution in [0.3, 0.4) is 0 Å². The molecular formula is C28H34N6O6. The maximum atomic E-state index is 13.8. The first-order chi connectivity index (χ1) is 19.5. The van der Waals surface area contributed by atoms with E-state index in [1.54, 1.807) is 49.6 Å². The summed E-state index contributed by atoms with van der Waals surface area (Å²) in [4.78, 5) is 26.0. The summed E-state index contributed by atoms with van der Waals surface area (Å²) in [7, 11) is 3.08. The number of hydrogen-bond acceptors (Lipinski definition) is 10. The number of anilines is 5. The highest BCUT2D eigenvalue weighted by atomic mass is 16.5. The molecule has 1 aliphatic heterocycles. The number of para-hydroxylation sites is 2. The van der Waals surface area contributed by atoms with Crippen molar-refractivity contribution in [1.29, 1.82) is 0 Å². The van der Waals surface area contributed by atoms with Crippen molar-refractivity contribution in [2.45, 2.75) is 19.1 Å². The van der Waals surface area contributed by atoms with Crippen molar-refractivity contribution in [3.63, 3.8) is 0 Å². The van der Waals surface area contributed by atoms with Crippen molar-refractivity contribution in [3.05, 3.63) is 66.9 Å². The van der Waals surface area contributed by atoms with Crippen LogP contribution in [0.4, 0.5) is 33.6 Å². The van der Waals surface area contributed by atoms with Gasteiger partial charge in [-0.3, -0.25) is 9.80 Å². The van der Waals surface area contributed by atoms with Crippen molar-refractivity contribution in [1.82, 2.24) is 9.97 Å². The Morgan fingerprint density at radius 1 is 1.15 bits per heavy atom. The maximum absolute atomic E-state index is 13.8. The zero-order chi connectivity index (χ0) is 28.5. The second-order valence-corrected chi connectivity index (χ2v) is 8.91. The lowest BCUT2D eigenvalue weighted by atomic mass is 10.1. The summed E-state index contributed by atoms with van der Waals surface area (Å²) in [5, 5.41) is 25.8. The zero-order valence-corrected chi connectivity index (χ0v) is 22.5. The fraction of sp³-hybridized carbons (Fsp3) is 0.321. The molecule has 0 aliphatic carbocycles. The molecular weight excluding hydrogens is 516 g/mol. The standard InChI is InChI=1S/C28H34N6O6/c1-4-11-40-18-30-24-7-5-6-8-25(24)31-27-29-15-19-16-34(20-12-22(38-2)14-23(13-20)39-3)28(37)33(26(19)32-27)10-9-21(36)17-35/h4-8,12-15,21,30,35-36H,1,9-11,16-18H2,2-3H3,(H,29,31,32). The van der Waals surface area contributed by atoms with Crippen LogP contribution in [0.5, 0.6) is 11.5 Å². The highest BCUT2D eigenvalue weighted by Gasteiger charge is 2.34. The van der Waals surface area contributed by atoms with Crippen LogP contribution in [0.1, 0.15) is 12.0 Å². The molecule has 2 amide bonds. The van der Waals surface area contributed by atoms with Gasteiger partial charge in [-0.25, -0.2) is 9.78 Å². The number of benzene rings is 2. The number of aromatic nitrogens is 2. The van der Waals surface area contributed by atoms with Gasteiger partial charge in [-0.2, -0.15) is 4.98 Å². The van der Waals surface area contributed by atoms with Gasteiger partial charge in [0.15, 0.2) is 0 Å². The van der Waals surface area contributed by atoms with Crippen LogP contribution in [0.15, 0.2) is 61.3 Å². The molecule has 2 aromatic carbocycles. The van der Waals surface area contributed by atoms with Crippen LogP contribution in [0.2, 0.25) is 0 Å². The van der Waals surface area contributed by atoms with E-state index in [1.165, 1.54) is 4.90 Å². The van der Waals surface area contributed by atoms with Crippen LogP contribution in [0, 0.1) is 0 Å². The van der Waals surface area contributed by atoms with Gasteiger partial charge in [-0.05, 0) is 18.6 Å². The summed E-state index contributed by atoms with van der Waals surface area (Å²) in [6.07, 6.45) is 2.51. The van der Waals surface area contributed by atoms with Gasteiger partial charge in [0.1, 0.15) is 24.0 Å². The molecule has 0 spiro atoms. The number of amides is 2. The summed E-state index contributed by atoms with van der Waals surface area (Å²) >= 11 is 0. The van der Waals surface area contributed by atoms with Gasteiger partial charge in [-0.1, -0.05) is 18.2 Å². The summed E-state index contributed by atoms with van der Waals surface area (Å²) in [5.41, 5.74) is 2.78. The fourth-order valence-corrected chi connectivity index (χ4v) is 4.14. The van der Waals surface area contributed by atoms with Gasteiger partial charge in [0.05, 0.1) is 57.1 Å². The Hall–Kier alpha value is -4.39. The van der Waals surface area contributed by atoms with Crippen molar-refractivity contribution >= 4 is 34.9 Å². The SMILES string of the molecule is C=CCOCNc1ccccc1Nc1ncc2c(n1)N(CCC(O)CO)C(=O)N(c1cc(OC)cc(OC)c1)C2. The normalized spacial score (nSPS) is 13.4. The van der Waals surface area contributed by atoms with Gasteiger partial charge in [0.2, 0.25) is 5.95 Å². The third kappa shape index (κ3) is 6.78. The number of nitrogens with one attached hydrogen (secondary N) is 2. The molecule has 0 saturated carbocycles. The van der Waals surface area contributed by atoms with E-state index in [-0.39, 0.29) is 38.2 Å². The minimum Gasteiger partial charge on any atom is -0.497 e. The number of nitrogens with zero attached hydrogens (tertiary/aromatic N) is 4. The van der Waals surface area contributed by atoms with Crippen LogP contribution in [-0.2, 0) is 11.3 Å². The predicted octanol–water partition coefficient (Wildman–Crippen LogP) is 3.50. The van der Waals surface area contributed by atoms with E-state index >= 15 is 0 Å². The Morgan fingerprint density at radius 2 is 1.88 bits per heavy atom. The number of aliphatic hydroxyl groups excluding tert-OH is 2. The van der Waals surface area contributed by atoms with Crippen LogP contribution in [0.25, 0.3) is 0 Å². The van der Waals surface area contributed by atoms with Crippen molar-refractivity contribution in [2.75, 3.05) is 61.1 Å². The highest BCUT2D eigenvalue weighted by Crippen LogP contribution is 2.35. The smallest absolute Gasteiger partial charge is 0.330 e. The van der Waals surface area contributed by atoms with Gasteiger partial charge in [-0.15, -0.1) is 6.58 Å². The van der Waals surface area contributed by atoms with E-state index in [0.29, 0.717) is 35.2 Å². The Kier molecular flexibility index (Phi) is 9.73. The molecule has 4 rings (SSSR count). The number of rotatable bonds is 14. The predicted molar refractivity (Wildman–Crippen MR) is 153 cm³/mol. The lowest BCUT2D eigenvalue weighted by Crippen LogP contribution is -2.49. The first-order valence-electron chi connectivity index (χ1n) is 12.7. The molecule has 40 heavy (non-hydrogen) atoms. The molecule has 2 heterocycles. The van der Waals surface area contributed by atoms with E-state index in [1.807, 2.05) is 24.3 Å². The van der Waals surface area contributed by atoms with Crippen molar-refractivity contribution in [3.8, 4) is 11.5 Å². The quantitative estimate of drug-likeness (QED) is 0.134. The summed E-state index contributed by atoms with van der Waals surface area (Å²) in [5.74, 6) is 1.77. The Bertz CT molecular complexity index is 1300. The molecule has 0 radical (unpaired) electrons. The Morgan fingerprint density at radius 3 is 2.55 bits per heavy atom. The number of fused-ring (bicyclic) bond motifs is 1. The molecule has 4 N–H and O–H groups in total. The monoisotopic (exact) mass is 550 g/mol. The topological polar surface area (TPSA) is 142 Å². The largest absolute Gasteiger partial charge is 0.497 e. The third-order valence-electron chi connectivity index (χ3n) is 6.21. The number of aliphatic hydroxyl groups is 2. The summed E-state index contributed by atoms with van der Waals surface area (Å²) in [6, 6.07) is 12.4. The fourth-order valence-electron chi connectivity index (χ4n) is 4.14. The lowest BCUT2D eigenvalue weighted by molar-refractivity contribution is 0.0900. The molecule has 12 heteroatoms. The van der Waals surface area contributed by atoms with Gasteiger partial charge in [0, 0.05) is 36.5 Å². The van der Waals surface area contributed by atoms with Crippen LogP contribution in [-0.4, -0.2) is 73.0 Å². The molecule has 12 nitrogen and oxygen atoms in total. The van der Waals surface area contributed by atoms with E-state index in [0.717, 1.165) is 11.4 Å². The third-order valence-corrected chi connectivity index (χ3v) is 6.21. The average Bonchev–Trinajstić information content (AvgIpc) is 2.98. The molecule has 1 aromatic heterocycles. The van der Waals surface area contributed by atoms with Gasteiger partial charge in [0.25, 0.3) is 0 Å². The van der Waals surface area contributed by atoms with Gasteiger partial charge < -0.3 is 35.1 Å². The van der Waals surface area contributed by atoms with E-state index in [9.17, 15) is 15.0 Å². The number of ether oxygens (including phenoxy) is 3. The summed E-state index contributed by atoms with van der Waals surface area (Å²) < 4.78 is 16.2. The van der Waals surface area contributed by atoms with E-state index in [2.05, 4.69) is 27.2 Å². The number of carbonyl (C=O) groups excluding carboxylic acids is 1. The molecule has 0 bridgehead atoms. The molecule has 0 saturated heterocycles. The average molecular weight is 551 g/mol. The molecule has 0 fully saturated rings. The number of hydrogen-bond donors (Lipinski definition) is 4. The number of carbonyl (C=O) groups is 1. The molecule has 212 valence electrons. The number of methoxy groups -OCH3 is 2. The lowest BCUT2D eigenvalue weighted by Gasteiger charge is -2.36. The van der Waals surface area contributed by atoms with E-state index < -0.39 is 12.7 Å². The minimum absolute atomic E-state index is 0.125. The van der Waals surface area contributed by atoms with Gasteiger partial charge >= 0.3 is 6.03 Å². The van der Waals surface area contributed by atoms with Crippen LogP contribution >= 0.6 is 0 Å². The highest BCUT2D eigenvalue weighted by molar-refractivity contribution is 6.05. The van der Waals surface area contributed by atoms with E-state index in [4.69, 9.17) is 14.2 Å². The zero-order valence-electron chi connectivity index (χ0n) is 22.5. The second kappa shape index (κ2) is 13.6. The Labute approximate surface area is 232 Å². The van der Waals surface area contributed by atoms with Crippen LogP contribution < -0.4 is 29.9 Å². The molecule has 1 aliphatic rings. The minimum atomic E-state index is -0.982. The summed E-state index contributed by atoms with van der Waals surface area (Å²) in [6.45, 7) is 4.27. The molecule has 1 atom stereocenters. The molecule has 1 unspecified atom stereocenters. The first-order valence-corrected chi connectivity index (χ1v) is 12.7. The first kappa shape index (κ1) is 28.6.